The van der Waals surface area contributed by atoms with Gasteiger partial charge in [-0.15, -0.1) is 0 Å². The molecule has 1 heterocycles. The van der Waals surface area contributed by atoms with Gasteiger partial charge in [0.1, 0.15) is 0 Å². The largest absolute Gasteiger partial charge is 0.361 e. The number of hydrogen-bond acceptors (Lipinski definition) is 3. The Morgan fingerprint density at radius 2 is 1.61 bits per heavy atom. The zero-order valence-corrected chi connectivity index (χ0v) is 17.8. The van der Waals surface area contributed by atoms with E-state index in [-0.39, 0.29) is 23.3 Å². The maximum Gasteiger partial charge on any atom is 0.240 e. The molecule has 158 valence electrons. The summed E-state index contributed by atoms with van der Waals surface area (Å²) in [5, 5.41) is 3.70. The van der Waals surface area contributed by atoms with Gasteiger partial charge in [0, 0.05) is 42.2 Å². The fourth-order valence-corrected chi connectivity index (χ4v) is 4.72. The normalized spacial score (nSPS) is 12.5. The predicted octanol–water partition coefficient (Wildman–Crippen LogP) is 4.24. The monoisotopic (exact) mass is 433 g/mol. The molecule has 6 nitrogen and oxygen atoms in total. The van der Waals surface area contributed by atoms with Gasteiger partial charge >= 0.3 is 0 Å². The van der Waals surface area contributed by atoms with Crippen LogP contribution in [0.4, 0.5) is 5.69 Å². The highest BCUT2D eigenvalue weighted by Gasteiger charge is 2.22. The van der Waals surface area contributed by atoms with Crippen LogP contribution in [0.25, 0.3) is 10.9 Å². The topological polar surface area (TPSA) is 91.1 Å². The van der Waals surface area contributed by atoms with Crippen LogP contribution >= 0.6 is 0 Å². The van der Waals surface area contributed by atoms with E-state index in [2.05, 4.69) is 15.0 Å². The summed E-state index contributed by atoms with van der Waals surface area (Å²) in [5.74, 6) is -0.371. The molecule has 1 amide bonds. The summed E-state index contributed by atoms with van der Waals surface area (Å²) in [6, 6.07) is 23.9. The van der Waals surface area contributed by atoms with E-state index in [1.165, 1.54) is 19.1 Å². The summed E-state index contributed by atoms with van der Waals surface area (Å²) in [6.07, 6.45) is 1.94. The van der Waals surface area contributed by atoms with Crippen LogP contribution < -0.4 is 10.0 Å². The number of aromatic nitrogens is 1. The van der Waals surface area contributed by atoms with E-state index in [9.17, 15) is 13.2 Å². The number of fused-ring (bicyclic) bond motifs is 1. The number of carbonyl (C=O) groups is 1. The smallest absolute Gasteiger partial charge is 0.240 e. The minimum absolute atomic E-state index is 0.146. The van der Waals surface area contributed by atoms with Gasteiger partial charge in [-0.25, -0.2) is 13.1 Å². The van der Waals surface area contributed by atoms with Crippen molar-refractivity contribution in [3.8, 4) is 0 Å². The maximum atomic E-state index is 12.9. The van der Waals surface area contributed by atoms with Crippen molar-refractivity contribution in [3.63, 3.8) is 0 Å². The van der Waals surface area contributed by atoms with Gasteiger partial charge in [-0.2, -0.15) is 0 Å². The lowest BCUT2D eigenvalue weighted by atomic mass is 9.91. The number of carbonyl (C=O) groups excluding carboxylic acids is 1. The van der Waals surface area contributed by atoms with Crippen LogP contribution in [0.2, 0.25) is 0 Å². The third-order valence-electron chi connectivity index (χ3n) is 5.16. The summed E-state index contributed by atoms with van der Waals surface area (Å²) in [7, 11) is -3.73. The van der Waals surface area contributed by atoms with E-state index in [1.807, 2.05) is 60.8 Å². The molecule has 0 spiro atoms. The number of para-hydroxylation sites is 1. The molecule has 0 radical (unpaired) electrons. The highest BCUT2D eigenvalue weighted by molar-refractivity contribution is 7.89. The van der Waals surface area contributed by atoms with Crippen LogP contribution in [0, 0.1) is 0 Å². The molecule has 0 saturated heterocycles. The van der Waals surface area contributed by atoms with Gasteiger partial charge < -0.3 is 10.3 Å². The fraction of sp³-hybridized carbons (Fsp3) is 0.125. The highest BCUT2D eigenvalue weighted by atomic mass is 32.2. The first-order valence-electron chi connectivity index (χ1n) is 9.92. The zero-order chi connectivity index (χ0) is 21.8. The maximum absolute atomic E-state index is 12.9. The van der Waals surface area contributed by atoms with Crippen molar-refractivity contribution < 1.29 is 13.2 Å². The number of hydrogen-bond donors (Lipinski definition) is 3. The molecule has 31 heavy (non-hydrogen) atoms. The van der Waals surface area contributed by atoms with Crippen LogP contribution in [-0.4, -0.2) is 25.9 Å². The Balaban J connectivity index is 1.61. The van der Waals surface area contributed by atoms with Gasteiger partial charge in [-0.1, -0.05) is 48.5 Å². The quantitative estimate of drug-likeness (QED) is 0.407. The van der Waals surface area contributed by atoms with Crippen LogP contribution in [0.3, 0.4) is 0 Å². The average Bonchev–Trinajstić information content (AvgIpc) is 3.19. The summed E-state index contributed by atoms with van der Waals surface area (Å²) in [4.78, 5) is 14.6. The van der Waals surface area contributed by atoms with Crippen LogP contribution in [0.15, 0.2) is 90.0 Å². The molecular formula is C24H23N3O3S. The number of benzene rings is 3. The Morgan fingerprint density at radius 3 is 2.32 bits per heavy atom. The standard InChI is InChI=1S/C24H23N3O3S/c1-17(28)27-19-11-13-20(14-12-19)31(29,30)26-16-22(18-7-3-2-4-8-18)23-15-25-24-10-6-5-9-21(23)24/h2-15,22,25-26H,16H2,1H3,(H,27,28)/t22-/m1/s1. The molecule has 7 heteroatoms. The Hall–Kier alpha value is -3.42. The minimum atomic E-state index is -3.73. The second-order valence-electron chi connectivity index (χ2n) is 7.31. The number of H-pyrrole nitrogens is 1. The van der Waals surface area contributed by atoms with Gasteiger partial charge in [-0.3, -0.25) is 4.79 Å². The van der Waals surface area contributed by atoms with Crippen molar-refractivity contribution in [1.29, 1.82) is 0 Å². The molecule has 0 fully saturated rings. The molecule has 0 aliphatic heterocycles. The Bertz CT molecular complexity index is 1300. The lowest BCUT2D eigenvalue weighted by Crippen LogP contribution is -2.29. The van der Waals surface area contributed by atoms with Gasteiger partial charge in [0.2, 0.25) is 15.9 Å². The van der Waals surface area contributed by atoms with E-state index < -0.39 is 10.0 Å². The first kappa shape index (κ1) is 20.8. The van der Waals surface area contributed by atoms with Crippen LogP contribution in [0.1, 0.15) is 24.0 Å². The SMILES string of the molecule is CC(=O)Nc1ccc(S(=O)(=O)NC[C@H](c2ccccc2)c2c[nH]c3ccccc23)cc1. The molecule has 0 aliphatic carbocycles. The van der Waals surface area contributed by atoms with Gasteiger partial charge in [0.25, 0.3) is 0 Å². The third kappa shape index (κ3) is 4.68. The van der Waals surface area contributed by atoms with Crippen molar-refractivity contribution in [2.24, 2.45) is 0 Å². The van der Waals surface area contributed by atoms with E-state index in [1.54, 1.807) is 12.1 Å². The Labute approximate surface area is 181 Å². The second-order valence-corrected chi connectivity index (χ2v) is 9.08. The fourth-order valence-electron chi connectivity index (χ4n) is 3.67. The number of amides is 1. The lowest BCUT2D eigenvalue weighted by Gasteiger charge is -2.18. The molecule has 0 aliphatic rings. The second kappa shape index (κ2) is 8.75. The van der Waals surface area contributed by atoms with Crippen molar-refractivity contribution in [2.75, 3.05) is 11.9 Å². The number of anilines is 1. The van der Waals surface area contributed by atoms with E-state index >= 15 is 0 Å². The van der Waals surface area contributed by atoms with Gasteiger partial charge in [0.15, 0.2) is 0 Å². The van der Waals surface area contributed by atoms with Gasteiger partial charge in [0.05, 0.1) is 4.90 Å². The number of aromatic amines is 1. The number of rotatable bonds is 7. The molecule has 3 N–H and O–H groups in total. The molecule has 3 aromatic carbocycles. The molecule has 0 saturated carbocycles. The summed E-state index contributed by atoms with van der Waals surface area (Å²) >= 11 is 0. The highest BCUT2D eigenvalue weighted by Crippen LogP contribution is 2.30. The first-order chi connectivity index (χ1) is 14.9. The van der Waals surface area contributed by atoms with E-state index in [4.69, 9.17) is 0 Å². The Morgan fingerprint density at radius 1 is 0.935 bits per heavy atom. The van der Waals surface area contributed by atoms with Crippen molar-refractivity contribution in [1.82, 2.24) is 9.71 Å². The average molecular weight is 434 g/mol. The summed E-state index contributed by atoms with van der Waals surface area (Å²) in [5.41, 5.74) is 3.61. The minimum Gasteiger partial charge on any atom is -0.361 e. The molecule has 4 rings (SSSR count). The van der Waals surface area contributed by atoms with Crippen molar-refractivity contribution in [3.05, 3.63) is 96.2 Å². The molecule has 4 aromatic rings. The van der Waals surface area contributed by atoms with Crippen LogP contribution in [0.5, 0.6) is 0 Å². The summed E-state index contributed by atoms with van der Waals surface area (Å²) < 4.78 is 28.6. The molecular weight excluding hydrogens is 410 g/mol. The molecule has 0 unspecified atom stereocenters. The predicted molar refractivity (Wildman–Crippen MR) is 123 cm³/mol. The van der Waals surface area contributed by atoms with Gasteiger partial charge in [-0.05, 0) is 41.5 Å². The van der Waals surface area contributed by atoms with Crippen molar-refractivity contribution >= 4 is 32.5 Å². The zero-order valence-electron chi connectivity index (χ0n) is 17.0. The number of nitrogens with one attached hydrogen (secondary N) is 3. The summed E-state index contributed by atoms with van der Waals surface area (Å²) in [6.45, 7) is 1.61. The first-order valence-corrected chi connectivity index (χ1v) is 11.4. The molecule has 1 aromatic heterocycles. The molecule has 0 bridgehead atoms. The third-order valence-corrected chi connectivity index (χ3v) is 6.60. The molecule has 1 atom stereocenters. The Kier molecular flexibility index (Phi) is 5.88. The lowest BCUT2D eigenvalue weighted by molar-refractivity contribution is -0.114. The van der Waals surface area contributed by atoms with E-state index in [0.717, 1.165) is 22.0 Å². The van der Waals surface area contributed by atoms with E-state index in [0.29, 0.717) is 5.69 Å². The van der Waals surface area contributed by atoms with Crippen LogP contribution in [-0.2, 0) is 14.8 Å². The van der Waals surface area contributed by atoms with Crippen molar-refractivity contribution in [2.45, 2.75) is 17.7 Å². The number of sulfonamides is 1.